The Labute approximate surface area is 212 Å². The highest BCUT2D eigenvalue weighted by Gasteiger charge is 2.33. The van der Waals surface area contributed by atoms with Crippen LogP contribution in [0.5, 0.6) is 0 Å². The molecule has 3 amide bonds. The van der Waals surface area contributed by atoms with Gasteiger partial charge in [0.15, 0.2) is 0 Å². The number of piperidine rings is 1. The third-order valence-electron chi connectivity index (χ3n) is 7.07. The summed E-state index contributed by atoms with van der Waals surface area (Å²) >= 11 is 5.95. The number of amides is 3. The first kappa shape index (κ1) is 25.2. The first-order valence-corrected chi connectivity index (χ1v) is 13.1. The highest BCUT2D eigenvalue weighted by Crippen LogP contribution is 2.23. The largest absolute Gasteiger partial charge is 0.342 e. The van der Waals surface area contributed by atoms with Gasteiger partial charge in [0.05, 0.1) is 0 Å². The van der Waals surface area contributed by atoms with Crippen molar-refractivity contribution in [1.82, 2.24) is 15.1 Å². The summed E-state index contributed by atoms with van der Waals surface area (Å²) < 4.78 is 0. The minimum Gasteiger partial charge on any atom is -0.342 e. The number of rotatable bonds is 6. The van der Waals surface area contributed by atoms with Gasteiger partial charge in [0, 0.05) is 49.1 Å². The summed E-state index contributed by atoms with van der Waals surface area (Å²) in [5.74, 6) is -0.178. The number of nitrogens with zero attached hydrogens (tertiary/aromatic N) is 2. The number of carbonyl (C=O) groups is 3. The lowest BCUT2D eigenvalue weighted by Gasteiger charge is -2.35. The molecule has 1 atom stereocenters. The molecule has 2 aromatic carbocycles. The maximum absolute atomic E-state index is 13.5. The van der Waals surface area contributed by atoms with E-state index in [0.29, 0.717) is 42.9 Å². The Morgan fingerprint density at radius 1 is 0.829 bits per heavy atom. The number of hydrogen-bond acceptors (Lipinski definition) is 3. The monoisotopic (exact) mass is 495 g/mol. The third kappa shape index (κ3) is 6.85. The fraction of sp³-hybridized carbons (Fsp3) is 0.464. The molecule has 2 saturated heterocycles. The van der Waals surface area contributed by atoms with Gasteiger partial charge in [0.2, 0.25) is 11.8 Å². The molecule has 2 heterocycles. The molecule has 2 aromatic rings. The molecule has 6 nitrogen and oxygen atoms in total. The Hall–Kier alpha value is -2.86. The standard InChI is InChI=1S/C28H34ClN3O3/c29-24-12-10-22(11-13-24)26(33)30-25(20-21-8-4-3-5-9-21)28(35)32-18-14-23(15-19-32)27(34)31-16-6-1-2-7-17-31/h3-5,8-13,23,25H,1-2,6-7,14-20H2,(H,30,33). The van der Waals surface area contributed by atoms with Gasteiger partial charge in [0.25, 0.3) is 5.91 Å². The number of carbonyl (C=O) groups excluding carboxylic acids is 3. The Morgan fingerprint density at radius 3 is 2.09 bits per heavy atom. The van der Waals surface area contributed by atoms with Crippen molar-refractivity contribution in [3.8, 4) is 0 Å². The first-order chi connectivity index (χ1) is 17.0. The van der Waals surface area contributed by atoms with Crippen LogP contribution < -0.4 is 5.32 Å². The van der Waals surface area contributed by atoms with Crippen LogP contribution in [0, 0.1) is 5.92 Å². The molecule has 0 bridgehead atoms. The molecule has 186 valence electrons. The van der Waals surface area contributed by atoms with Gasteiger partial charge in [-0.25, -0.2) is 0 Å². The molecule has 4 rings (SSSR count). The van der Waals surface area contributed by atoms with Gasteiger partial charge in [-0.05, 0) is 55.5 Å². The van der Waals surface area contributed by atoms with Crippen LogP contribution in [0.25, 0.3) is 0 Å². The molecule has 2 aliphatic heterocycles. The van der Waals surface area contributed by atoms with Crippen molar-refractivity contribution in [2.75, 3.05) is 26.2 Å². The summed E-state index contributed by atoms with van der Waals surface area (Å²) in [6.45, 7) is 2.78. The molecule has 0 radical (unpaired) electrons. The second-order valence-electron chi connectivity index (χ2n) is 9.56. The van der Waals surface area contributed by atoms with Gasteiger partial charge in [0.1, 0.15) is 6.04 Å². The van der Waals surface area contributed by atoms with Crippen LogP contribution in [0.2, 0.25) is 5.02 Å². The predicted molar refractivity (Wildman–Crippen MR) is 137 cm³/mol. The van der Waals surface area contributed by atoms with Crippen molar-refractivity contribution >= 4 is 29.3 Å². The Bertz CT molecular complexity index is 996. The fourth-order valence-electron chi connectivity index (χ4n) is 5.01. The topological polar surface area (TPSA) is 69.7 Å². The average molecular weight is 496 g/mol. The van der Waals surface area contributed by atoms with Crippen molar-refractivity contribution < 1.29 is 14.4 Å². The Morgan fingerprint density at radius 2 is 1.46 bits per heavy atom. The van der Waals surface area contributed by atoms with E-state index in [4.69, 9.17) is 11.6 Å². The molecule has 1 N–H and O–H groups in total. The van der Waals surface area contributed by atoms with Crippen LogP contribution in [0.15, 0.2) is 54.6 Å². The lowest BCUT2D eigenvalue weighted by atomic mass is 9.94. The van der Waals surface area contributed by atoms with Gasteiger partial charge in [-0.1, -0.05) is 54.8 Å². The quantitative estimate of drug-likeness (QED) is 0.648. The van der Waals surface area contributed by atoms with E-state index in [-0.39, 0.29) is 23.6 Å². The van der Waals surface area contributed by atoms with Crippen LogP contribution in [0.1, 0.15) is 54.4 Å². The summed E-state index contributed by atoms with van der Waals surface area (Å²) in [4.78, 5) is 43.3. The highest BCUT2D eigenvalue weighted by molar-refractivity contribution is 6.30. The van der Waals surface area contributed by atoms with E-state index in [0.717, 1.165) is 31.5 Å². The van der Waals surface area contributed by atoms with Gasteiger partial charge in [-0.2, -0.15) is 0 Å². The van der Waals surface area contributed by atoms with E-state index in [1.807, 2.05) is 40.1 Å². The van der Waals surface area contributed by atoms with Crippen LogP contribution in [-0.4, -0.2) is 59.7 Å². The molecule has 7 heteroatoms. The minimum atomic E-state index is -0.682. The van der Waals surface area contributed by atoms with Crippen LogP contribution >= 0.6 is 11.6 Å². The molecule has 0 spiro atoms. The smallest absolute Gasteiger partial charge is 0.251 e. The molecule has 0 aromatic heterocycles. The molecule has 1 unspecified atom stereocenters. The maximum Gasteiger partial charge on any atom is 0.251 e. The zero-order valence-electron chi connectivity index (χ0n) is 20.1. The molecular weight excluding hydrogens is 462 g/mol. The maximum atomic E-state index is 13.5. The lowest BCUT2D eigenvalue weighted by molar-refractivity contribution is -0.141. The molecule has 0 aliphatic carbocycles. The van der Waals surface area contributed by atoms with E-state index >= 15 is 0 Å². The SMILES string of the molecule is O=C(NC(Cc1ccccc1)C(=O)N1CCC(C(=O)N2CCCCCC2)CC1)c1ccc(Cl)cc1. The number of likely N-dealkylation sites (tertiary alicyclic amines) is 2. The molecule has 2 aliphatic rings. The summed E-state index contributed by atoms with van der Waals surface area (Å²) in [6, 6.07) is 15.7. The van der Waals surface area contributed by atoms with Crippen molar-refractivity contribution in [1.29, 1.82) is 0 Å². The Kier molecular flexibility index (Phi) is 8.80. The zero-order chi connectivity index (χ0) is 24.6. The number of nitrogens with one attached hydrogen (secondary N) is 1. The third-order valence-corrected chi connectivity index (χ3v) is 7.32. The normalized spacial score (nSPS) is 18.0. The van der Waals surface area contributed by atoms with E-state index in [2.05, 4.69) is 5.32 Å². The molecule has 35 heavy (non-hydrogen) atoms. The van der Waals surface area contributed by atoms with E-state index in [9.17, 15) is 14.4 Å². The van der Waals surface area contributed by atoms with Crippen LogP contribution in [-0.2, 0) is 16.0 Å². The Balaban J connectivity index is 1.40. The van der Waals surface area contributed by atoms with E-state index < -0.39 is 6.04 Å². The summed E-state index contributed by atoms with van der Waals surface area (Å²) in [7, 11) is 0. The first-order valence-electron chi connectivity index (χ1n) is 12.7. The lowest BCUT2D eigenvalue weighted by Crippen LogP contribution is -2.52. The second kappa shape index (κ2) is 12.2. The number of hydrogen-bond donors (Lipinski definition) is 1. The van der Waals surface area contributed by atoms with Gasteiger partial charge in [-0.3, -0.25) is 14.4 Å². The summed E-state index contributed by atoms with van der Waals surface area (Å²) in [5, 5.41) is 3.49. The van der Waals surface area contributed by atoms with Gasteiger partial charge in [-0.15, -0.1) is 0 Å². The van der Waals surface area contributed by atoms with Gasteiger partial charge < -0.3 is 15.1 Å². The van der Waals surface area contributed by atoms with Crippen molar-refractivity contribution in [2.45, 2.75) is 51.0 Å². The average Bonchev–Trinajstić information content (AvgIpc) is 3.18. The zero-order valence-corrected chi connectivity index (χ0v) is 20.9. The molecular formula is C28H34ClN3O3. The fourth-order valence-corrected chi connectivity index (χ4v) is 5.14. The molecule has 2 fully saturated rings. The van der Waals surface area contributed by atoms with E-state index in [1.165, 1.54) is 12.8 Å². The minimum absolute atomic E-state index is 0.0200. The van der Waals surface area contributed by atoms with Crippen molar-refractivity contribution in [2.24, 2.45) is 5.92 Å². The van der Waals surface area contributed by atoms with Crippen LogP contribution in [0.3, 0.4) is 0 Å². The summed E-state index contributed by atoms with van der Waals surface area (Å²) in [6.07, 6.45) is 6.30. The van der Waals surface area contributed by atoms with Crippen molar-refractivity contribution in [3.63, 3.8) is 0 Å². The summed E-state index contributed by atoms with van der Waals surface area (Å²) in [5.41, 5.74) is 1.44. The van der Waals surface area contributed by atoms with E-state index in [1.54, 1.807) is 24.3 Å². The van der Waals surface area contributed by atoms with Crippen LogP contribution in [0.4, 0.5) is 0 Å². The number of benzene rings is 2. The van der Waals surface area contributed by atoms with Gasteiger partial charge >= 0.3 is 0 Å². The predicted octanol–water partition coefficient (Wildman–Crippen LogP) is 4.32. The molecule has 0 saturated carbocycles. The van der Waals surface area contributed by atoms with Crippen molar-refractivity contribution in [3.05, 3.63) is 70.7 Å². The second-order valence-corrected chi connectivity index (χ2v) is 10.00. The number of halogens is 1. The highest BCUT2D eigenvalue weighted by atomic mass is 35.5.